The van der Waals surface area contributed by atoms with Gasteiger partial charge in [-0.1, -0.05) is 88.4 Å². The van der Waals surface area contributed by atoms with E-state index in [4.69, 9.17) is 14.5 Å². The van der Waals surface area contributed by atoms with Gasteiger partial charge in [-0.05, 0) is 64.7 Å². The highest BCUT2D eigenvalue weighted by Gasteiger charge is 2.21. The molecule has 0 amide bonds. The molecule has 7 rings (SSSR count). The zero-order chi connectivity index (χ0) is 29.5. The third-order valence-corrected chi connectivity index (χ3v) is 7.94. The molecule has 0 saturated heterocycles. The van der Waals surface area contributed by atoms with E-state index in [1.165, 1.54) is 22.1 Å². The average molecular weight is 564 g/mol. The largest absolute Gasteiger partial charge is 0.439 e. The van der Waals surface area contributed by atoms with Crippen LogP contribution in [-0.2, 0) is 0 Å². The first-order valence-electron chi connectivity index (χ1n) is 14.8. The van der Waals surface area contributed by atoms with Gasteiger partial charge in [0.1, 0.15) is 17.1 Å². The molecular formula is C38H33N3O2. The summed E-state index contributed by atoms with van der Waals surface area (Å²) in [5, 5.41) is 3.32. The summed E-state index contributed by atoms with van der Waals surface area (Å²) in [6.45, 7) is 9.04. The van der Waals surface area contributed by atoms with Crippen LogP contribution >= 0.6 is 0 Å². The summed E-state index contributed by atoms with van der Waals surface area (Å²) in [6, 6.07) is 36.6. The van der Waals surface area contributed by atoms with Crippen LogP contribution in [0.4, 0.5) is 0 Å². The molecule has 5 heteroatoms. The van der Waals surface area contributed by atoms with Crippen molar-refractivity contribution in [2.45, 2.75) is 39.5 Å². The van der Waals surface area contributed by atoms with E-state index >= 15 is 0 Å². The maximum atomic E-state index is 6.29. The summed E-state index contributed by atoms with van der Waals surface area (Å²) in [5.74, 6) is 3.09. The van der Waals surface area contributed by atoms with Crippen LogP contribution in [-0.4, -0.2) is 14.4 Å². The van der Waals surface area contributed by atoms with E-state index in [0.717, 1.165) is 33.4 Å². The van der Waals surface area contributed by atoms with Crippen LogP contribution < -0.4 is 9.47 Å². The fourth-order valence-corrected chi connectivity index (χ4v) is 5.95. The Morgan fingerprint density at radius 2 is 1.23 bits per heavy atom. The van der Waals surface area contributed by atoms with E-state index < -0.39 is 0 Å². The van der Waals surface area contributed by atoms with E-state index in [1.807, 2.05) is 60.8 Å². The van der Waals surface area contributed by atoms with Crippen molar-refractivity contribution >= 4 is 27.3 Å². The number of aromatic nitrogens is 3. The van der Waals surface area contributed by atoms with Gasteiger partial charge in [0.05, 0.1) is 17.4 Å². The summed E-state index contributed by atoms with van der Waals surface area (Å²) in [6.07, 6.45) is 2.04. The van der Waals surface area contributed by atoms with Crippen molar-refractivity contribution in [2.24, 2.45) is 0 Å². The zero-order valence-electron chi connectivity index (χ0n) is 24.8. The maximum absolute atomic E-state index is 6.29. The first-order valence-corrected chi connectivity index (χ1v) is 14.8. The fraction of sp³-hybridized carbons (Fsp3) is 0.158. The van der Waals surface area contributed by atoms with Crippen molar-refractivity contribution in [1.82, 2.24) is 14.4 Å². The summed E-state index contributed by atoms with van der Waals surface area (Å²) in [7, 11) is 0. The molecule has 0 N–H and O–H groups in total. The molecular weight excluding hydrogens is 530 g/mol. The van der Waals surface area contributed by atoms with Crippen molar-refractivity contribution in [2.75, 3.05) is 0 Å². The van der Waals surface area contributed by atoms with Gasteiger partial charge in [0.15, 0.2) is 0 Å². The van der Waals surface area contributed by atoms with Gasteiger partial charge in [0.2, 0.25) is 11.8 Å². The topological polar surface area (TPSA) is 48.7 Å². The number of pyridine rings is 2. The van der Waals surface area contributed by atoms with Gasteiger partial charge in [-0.3, -0.25) is 4.40 Å². The van der Waals surface area contributed by atoms with Crippen molar-refractivity contribution in [1.29, 1.82) is 0 Å². The lowest BCUT2D eigenvalue weighted by Crippen LogP contribution is -2.02. The lowest BCUT2D eigenvalue weighted by Gasteiger charge is -2.20. The molecule has 0 radical (unpaired) electrons. The molecule has 0 saturated carbocycles. The molecule has 0 aliphatic rings. The number of imidazole rings is 1. The molecule has 4 aromatic carbocycles. The van der Waals surface area contributed by atoms with Crippen LogP contribution in [0, 0.1) is 0 Å². The molecule has 3 heterocycles. The van der Waals surface area contributed by atoms with Gasteiger partial charge < -0.3 is 9.47 Å². The number of rotatable bonds is 7. The second kappa shape index (κ2) is 10.9. The van der Waals surface area contributed by atoms with E-state index in [1.54, 1.807) is 0 Å². The van der Waals surface area contributed by atoms with E-state index in [2.05, 4.69) is 91.7 Å². The number of hydrogen-bond acceptors (Lipinski definition) is 4. The Bertz CT molecular complexity index is 2070. The first-order chi connectivity index (χ1) is 21.0. The first kappa shape index (κ1) is 26.7. The fourth-order valence-electron chi connectivity index (χ4n) is 5.95. The van der Waals surface area contributed by atoms with Crippen molar-refractivity contribution < 1.29 is 9.47 Å². The zero-order valence-corrected chi connectivity index (χ0v) is 24.8. The predicted molar refractivity (Wildman–Crippen MR) is 175 cm³/mol. The number of fused-ring (bicyclic) bond motifs is 6. The van der Waals surface area contributed by atoms with Crippen LogP contribution in [0.25, 0.3) is 38.6 Å². The minimum Gasteiger partial charge on any atom is -0.439 e. The molecule has 7 aromatic rings. The molecule has 0 aliphatic heterocycles. The smallest absolute Gasteiger partial charge is 0.222 e. The Balaban J connectivity index is 1.38. The van der Waals surface area contributed by atoms with Crippen LogP contribution in [0.1, 0.15) is 50.7 Å². The van der Waals surface area contributed by atoms with Gasteiger partial charge in [-0.25, -0.2) is 4.98 Å². The third kappa shape index (κ3) is 4.87. The Morgan fingerprint density at radius 3 is 1.95 bits per heavy atom. The van der Waals surface area contributed by atoms with Crippen LogP contribution in [0.5, 0.6) is 23.3 Å². The molecule has 0 bridgehead atoms. The van der Waals surface area contributed by atoms with E-state index in [0.29, 0.717) is 29.3 Å². The van der Waals surface area contributed by atoms with Crippen LogP contribution in [0.15, 0.2) is 115 Å². The quantitative estimate of drug-likeness (QED) is 0.181. The summed E-state index contributed by atoms with van der Waals surface area (Å²) in [4.78, 5) is 9.64. The Kier molecular flexibility index (Phi) is 6.78. The SMILES string of the molecule is CC(C)c1cccc(C(C)C)c1-c1cnc2c3cc(Oc4cccc(Oc5ccccc5)n4)ccc3c3ccccc3n12. The number of ether oxygens (including phenoxy) is 2. The number of nitrogens with zero attached hydrogens (tertiary/aromatic N) is 3. The van der Waals surface area contributed by atoms with E-state index in [9.17, 15) is 0 Å². The average Bonchev–Trinajstić information content (AvgIpc) is 3.47. The lowest BCUT2D eigenvalue weighted by atomic mass is 9.87. The maximum Gasteiger partial charge on any atom is 0.222 e. The molecule has 3 aromatic heterocycles. The molecule has 212 valence electrons. The van der Waals surface area contributed by atoms with Gasteiger partial charge in [-0.2, -0.15) is 4.98 Å². The second-order valence-electron chi connectivity index (χ2n) is 11.5. The predicted octanol–water partition coefficient (Wildman–Crippen LogP) is 10.5. The van der Waals surface area contributed by atoms with Crippen molar-refractivity contribution in [3.63, 3.8) is 0 Å². The molecule has 0 fully saturated rings. The minimum absolute atomic E-state index is 0.375. The lowest BCUT2D eigenvalue weighted by molar-refractivity contribution is 0.426. The molecule has 0 unspecified atom stereocenters. The van der Waals surface area contributed by atoms with E-state index in [-0.39, 0.29) is 0 Å². The molecule has 0 spiro atoms. The third-order valence-electron chi connectivity index (χ3n) is 7.94. The molecule has 0 aliphatic carbocycles. The summed E-state index contributed by atoms with van der Waals surface area (Å²) in [5.41, 5.74) is 7.08. The summed E-state index contributed by atoms with van der Waals surface area (Å²) >= 11 is 0. The van der Waals surface area contributed by atoms with Crippen LogP contribution in [0.2, 0.25) is 0 Å². The van der Waals surface area contributed by atoms with Gasteiger partial charge >= 0.3 is 0 Å². The summed E-state index contributed by atoms with van der Waals surface area (Å²) < 4.78 is 14.5. The minimum atomic E-state index is 0.375. The van der Waals surface area contributed by atoms with Gasteiger partial charge in [-0.15, -0.1) is 0 Å². The monoisotopic (exact) mass is 563 g/mol. The normalized spacial score (nSPS) is 11.7. The number of hydrogen-bond donors (Lipinski definition) is 0. The van der Waals surface area contributed by atoms with Gasteiger partial charge in [0, 0.05) is 28.5 Å². The van der Waals surface area contributed by atoms with Crippen molar-refractivity contribution in [3.8, 4) is 34.5 Å². The van der Waals surface area contributed by atoms with Crippen molar-refractivity contribution in [3.05, 3.63) is 127 Å². The number of para-hydroxylation sites is 2. The molecule has 0 atom stereocenters. The Hall–Kier alpha value is -5.16. The standard InChI is InChI=1S/C38H33N3O2/c1-24(2)28-15-10-16-29(25(3)4)37(28)34-23-39-38-32-22-27(20-21-30(32)31-14-8-9-17-33(31)41(34)38)43-36-19-11-18-35(40-36)42-26-12-6-5-7-13-26/h5-25H,1-4H3. The van der Waals surface area contributed by atoms with Gasteiger partial charge in [0.25, 0.3) is 0 Å². The Labute approximate surface area is 251 Å². The molecule has 5 nitrogen and oxygen atoms in total. The van der Waals surface area contributed by atoms with Crippen LogP contribution in [0.3, 0.4) is 0 Å². The highest BCUT2D eigenvalue weighted by Crippen LogP contribution is 2.40. The number of benzene rings is 4. The molecule has 43 heavy (non-hydrogen) atoms. The highest BCUT2D eigenvalue weighted by atomic mass is 16.5. The Morgan fingerprint density at radius 1 is 0.581 bits per heavy atom. The second-order valence-corrected chi connectivity index (χ2v) is 11.5. The highest BCUT2D eigenvalue weighted by molar-refractivity contribution is 6.12.